The van der Waals surface area contributed by atoms with Gasteiger partial charge in [0.1, 0.15) is 0 Å². The van der Waals surface area contributed by atoms with Crippen molar-refractivity contribution in [3.05, 3.63) is 0 Å². The summed E-state index contributed by atoms with van der Waals surface area (Å²) in [5, 5.41) is 0. The van der Waals surface area contributed by atoms with E-state index in [1.54, 1.807) is 0 Å². The fourth-order valence-electron chi connectivity index (χ4n) is 0.294. The second kappa shape index (κ2) is 5.16. The van der Waals surface area contributed by atoms with Crippen LogP contribution in [-0.2, 0) is 13.6 Å². The molecule has 1 unspecified atom stereocenters. The molecule has 0 aromatic rings. The molecule has 0 aliphatic heterocycles. The molecule has 1 atom stereocenters. The maximum absolute atomic E-state index is 10.4. The highest BCUT2D eigenvalue weighted by molar-refractivity contribution is 7.80. The van der Waals surface area contributed by atoms with Crippen molar-refractivity contribution in [3.8, 4) is 0 Å². The zero-order valence-electron chi connectivity index (χ0n) is 5.65. The van der Waals surface area contributed by atoms with Gasteiger partial charge in [0.05, 0.1) is 6.61 Å². The quantitative estimate of drug-likeness (QED) is 0.383. The van der Waals surface area contributed by atoms with Gasteiger partial charge in [-0.25, -0.2) is 0 Å². The van der Waals surface area contributed by atoms with Crippen LogP contribution in [0.5, 0.6) is 0 Å². The molecule has 4 nitrogen and oxygen atoms in total. The summed E-state index contributed by atoms with van der Waals surface area (Å²) in [6, 6.07) is 0. The number of rotatable bonds is 5. The van der Waals surface area contributed by atoms with Crippen LogP contribution in [0.2, 0.25) is 0 Å². The summed E-state index contributed by atoms with van der Waals surface area (Å²) in [7, 11) is -2.92. The molecule has 0 aliphatic carbocycles. The molecular weight excluding hydrogens is 175 g/mol. The van der Waals surface area contributed by atoms with Crippen molar-refractivity contribution in [2.24, 2.45) is 0 Å². The van der Waals surface area contributed by atoms with Crippen LogP contribution in [0.25, 0.3) is 0 Å². The van der Waals surface area contributed by atoms with E-state index in [0.29, 0.717) is 12.2 Å². The van der Waals surface area contributed by atoms with E-state index in [1.165, 1.54) is 0 Å². The molecule has 0 heterocycles. The van der Waals surface area contributed by atoms with Gasteiger partial charge in [-0.3, -0.25) is 4.57 Å². The van der Waals surface area contributed by atoms with Crippen LogP contribution in [0.3, 0.4) is 0 Å². The van der Waals surface area contributed by atoms with E-state index in [4.69, 9.17) is 0 Å². The first-order chi connectivity index (χ1) is 4.62. The van der Waals surface area contributed by atoms with Gasteiger partial charge >= 0.3 is 0 Å². The van der Waals surface area contributed by atoms with Gasteiger partial charge in [-0.1, -0.05) is 0 Å². The Morgan fingerprint density at radius 1 is 1.70 bits per heavy atom. The van der Waals surface area contributed by atoms with Crippen LogP contribution >= 0.6 is 20.5 Å². The predicted octanol–water partition coefficient (Wildman–Crippen LogP) is 0.438. The second-order valence-corrected chi connectivity index (χ2v) is 3.51. The topological polar surface area (TPSA) is 58.6 Å². The van der Waals surface area contributed by atoms with Crippen LogP contribution in [0.1, 0.15) is 6.42 Å². The fourth-order valence-corrected chi connectivity index (χ4v) is 0.881. The SMILES string of the molecule is COP(=O)([O-])OCCCS. The molecule has 0 aliphatic rings. The Balaban J connectivity index is 3.38. The van der Waals surface area contributed by atoms with E-state index >= 15 is 0 Å². The first-order valence-electron chi connectivity index (χ1n) is 2.74. The number of hydrogen-bond acceptors (Lipinski definition) is 5. The van der Waals surface area contributed by atoms with E-state index in [9.17, 15) is 9.46 Å². The van der Waals surface area contributed by atoms with Gasteiger partial charge in [-0.2, -0.15) is 12.6 Å². The minimum Gasteiger partial charge on any atom is -0.756 e. The molecular formula is C4H10O4PS-. The van der Waals surface area contributed by atoms with Gasteiger partial charge in [0.25, 0.3) is 7.82 Å². The van der Waals surface area contributed by atoms with Crippen molar-refractivity contribution in [1.82, 2.24) is 0 Å². The van der Waals surface area contributed by atoms with E-state index in [2.05, 4.69) is 21.7 Å². The summed E-state index contributed by atoms with van der Waals surface area (Å²) in [5.41, 5.74) is 0. The van der Waals surface area contributed by atoms with Gasteiger partial charge in [0, 0.05) is 7.11 Å². The molecule has 0 N–H and O–H groups in total. The van der Waals surface area contributed by atoms with Gasteiger partial charge in [-0.15, -0.1) is 0 Å². The van der Waals surface area contributed by atoms with Crippen molar-refractivity contribution < 1.29 is 18.5 Å². The van der Waals surface area contributed by atoms with Crippen LogP contribution < -0.4 is 4.89 Å². The number of phosphoric ester groups is 1. The van der Waals surface area contributed by atoms with Crippen molar-refractivity contribution in [2.45, 2.75) is 6.42 Å². The Hall–Kier alpha value is 0.460. The maximum Gasteiger partial charge on any atom is 0.267 e. The Bertz CT molecular complexity index is 128. The van der Waals surface area contributed by atoms with Gasteiger partial charge in [-0.05, 0) is 12.2 Å². The lowest BCUT2D eigenvalue weighted by Gasteiger charge is -2.19. The summed E-state index contributed by atoms with van der Waals surface area (Å²) in [4.78, 5) is 10.4. The molecule has 0 aromatic carbocycles. The van der Waals surface area contributed by atoms with E-state index < -0.39 is 7.82 Å². The molecule has 0 bridgehead atoms. The predicted molar refractivity (Wildman–Crippen MR) is 39.0 cm³/mol. The van der Waals surface area contributed by atoms with Crippen molar-refractivity contribution >= 4 is 20.5 Å². The third kappa shape index (κ3) is 5.26. The van der Waals surface area contributed by atoms with E-state index in [-0.39, 0.29) is 6.61 Å². The number of phosphoric acid groups is 1. The molecule has 0 rings (SSSR count). The molecule has 0 amide bonds. The Kier molecular flexibility index (Phi) is 5.39. The highest BCUT2D eigenvalue weighted by atomic mass is 32.1. The van der Waals surface area contributed by atoms with Crippen LogP contribution in [0, 0.1) is 0 Å². The lowest BCUT2D eigenvalue weighted by atomic mass is 10.5. The highest BCUT2D eigenvalue weighted by Gasteiger charge is 2.03. The molecule has 62 valence electrons. The summed E-state index contributed by atoms with van der Waals surface area (Å²) < 4.78 is 18.8. The van der Waals surface area contributed by atoms with Gasteiger partial charge < -0.3 is 13.9 Å². The van der Waals surface area contributed by atoms with Gasteiger partial charge in [0.2, 0.25) is 0 Å². The molecule has 0 radical (unpaired) electrons. The third-order valence-corrected chi connectivity index (χ3v) is 2.04. The molecule has 0 spiro atoms. The Morgan fingerprint density at radius 2 is 2.30 bits per heavy atom. The smallest absolute Gasteiger partial charge is 0.267 e. The lowest BCUT2D eigenvalue weighted by Crippen LogP contribution is -2.07. The summed E-state index contributed by atoms with van der Waals surface area (Å²) >= 11 is 3.87. The minimum absolute atomic E-state index is 0.137. The highest BCUT2D eigenvalue weighted by Crippen LogP contribution is 2.36. The molecule has 0 aromatic heterocycles. The van der Waals surface area contributed by atoms with Crippen LogP contribution in [-0.4, -0.2) is 19.5 Å². The monoisotopic (exact) mass is 185 g/mol. The first kappa shape index (κ1) is 10.5. The summed E-state index contributed by atoms with van der Waals surface area (Å²) in [6.07, 6.45) is 0.596. The van der Waals surface area contributed by atoms with Crippen LogP contribution in [0.15, 0.2) is 0 Å². The molecule has 0 saturated heterocycles. The van der Waals surface area contributed by atoms with E-state index in [0.717, 1.165) is 7.11 Å². The average Bonchev–Trinajstić information content (AvgIpc) is 1.89. The second-order valence-electron chi connectivity index (χ2n) is 1.54. The zero-order chi connectivity index (χ0) is 8.04. The van der Waals surface area contributed by atoms with Crippen molar-refractivity contribution in [2.75, 3.05) is 19.5 Å². The summed E-state index contributed by atoms with van der Waals surface area (Å²) in [5.74, 6) is 0.601. The molecule has 6 heteroatoms. The largest absolute Gasteiger partial charge is 0.756 e. The normalized spacial score (nSPS) is 16.7. The van der Waals surface area contributed by atoms with Crippen molar-refractivity contribution in [1.29, 1.82) is 0 Å². The number of hydrogen-bond donors (Lipinski definition) is 1. The first-order valence-corrected chi connectivity index (χ1v) is 4.84. The van der Waals surface area contributed by atoms with Gasteiger partial charge in [0.15, 0.2) is 0 Å². The minimum atomic E-state index is -3.99. The standard InChI is InChI=1S/C4H11O4PS/c1-7-9(5,6)8-3-2-4-10/h10H,2-4H2,1H3,(H,5,6)/p-1. The zero-order valence-corrected chi connectivity index (χ0v) is 7.44. The van der Waals surface area contributed by atoms with Crippen molar-refractivity contribution in [3.63, 3.8) is 0 Å². The Labute approximate surface area is 65.6 Å². The maximum atomic E-state index is 10.4. The Morgan fingerprint density at radius 3 is 2.70 bits per heavy atom. The molecule has 0 fully saturated rings. The third-order valence-electron chi connectivity index (χ3n) is 0.775. The molecule has 0 saturated carbocycles. The van der Waals surface area contributed by atoms with E-state index in [1.807, 2.05) is 0 Å². The lowest BCUT2D eigenvalue weighted by molar-refractivity contribution is -0.222. The van der Waals surface area contributed by atoms with Crippen LogP contribution in [0.4, 0.5) is 0 Å². The fraction of sp³-hybridized carbons (Fsp3) is 1.00. The number of thiol groups is 1. The molecule has 10 heavy (non-hydrogen) atoms. The summed E-state index contributed by atoms with van der Waals surface area (Å²) in [6.45, 7) is 0.137. The average molecular weight is 185 g/mol.